The maximum atomic E-state index is 11.8. The molecule has 1 aromatic carbocycles. The first-order valence-corrected chi connectivity index (χ1v) is 7.42. The summed E-state index contributed by atoms with van der Waals surface area (Å²) < 4.78 is 25.7. The lowest BCUT2D eigenvalue weighted by Crippen LogP contribution is -2.50. The molecule has 0 aliphatic rings. The standard InChI is InChI=1S/C12H16ClNO4S/c1-12(8-15,9-16)14-19(17,18)7-6-10-2-4-11(13)5-3-10/h2-7,14-16H,8-9H2,1H3/b7-6+. The van der Waals surface area contributed by atoms with Gasteiger partial charge in [-0.25, -0.2) is 13.1 Å². The van der Waals surface area contributed by atoms with Gasteiger partial charge in [0.25, 0.3) is 0 Å². The van der Waals surface area contributed by atoms with Crippen LogP contribution in [0.25, 0.3) is 6.08 Å². The number of hydrogen-bond acceptors (Lipinski definition) is 4. The maximum Gasteiger partial charge on any atom is 0.234 e. The van der Waals surface area contributed by atoms with Crippen molar-refractivity contribution in [3.8, 4) is 0 Å². The number of nitrogens with one attached hydrogen (secondary N) is 1. The van der Waals surface area contributed by atoms with Crippen molar-refractivity contribution in [3.63, 3.8) is 0 Å². The number of benzene rings is 1. The fourth-order valence-corrected chi connectivity index (χ4v) is 2.58. The predicted molar refractivity (Wildman–Crippen MR) is 75.1 cm³/mol. The van der Waals surface area contributed by atoms with E-state index in [1.54, 1.807) is 24.3 Å². The highest BCUT2D eigenvalue weighted by Crippen LogP contribution is 2.12. The van der Waals surface area contributed by atoms with E-state index in [1.165, 1.54) is 13.0 Å². The molecule has 19 heavy (non-hydrogen) atoms. The monoisotopic (exact) mass is 305 g/mol. The molecular weight excluding hydrogens is 290 g/mol. The summed E-state index contributed by atoms with van der Waals surface area (Å²) >= 11 is 5.72. The summed E-state index contributed by atoms with van der Waals surface area (Å²) in [5, 5.41) is 19.6. The number of sulfonamides is 1. The van der Waals surface area contributed by atoms with Gasteiger partial charge in [0.2, 0.25) is 10.0 Å². The minimum atomic E-state index is -3.76. The smallest absolute Gasteiger partial charge is 0.234 e. The zero-order valence-corrected chi connectivity index (χ0v) is 11.9. The van der Waals surface area contributed by atoms with Gasteiger partial charge in [-0.05, 0) is 30.7 Å². The summed E-state index contributed by atoms with van der Waals surface area (Å²) in [5.41, 5.74) is -0.618. The van der Waals surface area contributed by atoms with E-state index in [2.05, 4.69) is 4.72 Å². The predicted octanol–water partition coefficient (Wildman–Crippen LogP) is 0.973. The summed E-state index contributed by atoms with van der Waals surface area (Å²) in [5.74, 6) is 0. The van der Waals surface area contributed by atoms with Gasteiger partial charge in [-0.15, -0.1) is 0 Å². The fraction of sp³-hybridized carbons (Fsp3) is 0.333. The second-order valence-corrected chi connectivity index (χ2v) is 6.38. The van der Waals surface area contributed by atoms with E-state index in [1.807, 2.05) is 0 Å². The Morgan fingerprint density at radius 2 is 1.79 bits per heavy atom. The van der Waals surface area contributed by atoms with Crippen molar-refractivity contribution in [2.45, 2.75) is 12.5 Å². The van der Waals surface area contributed by atoms with E-state index in [9.17, 15) is 8.42 Å². The molecule has 0 unspecified atom stereocenters. The molecule has 0 radical (unpaired) electrons. The zero-order chi connectivity index (χ0) is 14.5. The van der Waals surface area contributed by atoms with Gasteiger partial charge in [-0.1, -0.05) is 23.7 Å². The van der Waals surface area contributed by atoms with Gasteiger partial charge in [-0.2, -0.15) is 0 Å². The van der Waals surface area contributed by atoms with Crippen molar-refractivity contribution >= 4 is 27.7 Å². The highest BCUT2D eigenvalue weighted by Gasteiger charge is 2.26. The Kier molecular flexibility index (Phi) is 5.51. The largest absolute Gasteiger partial charge is 0.394 e. The van der Waals surface area contributed by atoms with Gasteiger partial charge < -0.3 is 10.2 Å². The van der Waals surface area contributed by atoms with Crippen LogP contribution in [0.15, 0.2) is 29.7 Å². The Balaban J connectivity index is 2.82. The average Bonchev–Trinajstić information content (AvgIpc) is 2.37. The second-order valence-electron chi connectivity index (χ2n) is 4.38. The first kappa shape index (κ1) is 16.1. The van der Waals surface area contributed by atoms with Crippen LogP contribution < -0.4 is 4.72 Å². The van der Waals surface area contributed by atoms with Crippen molar-refractivity contribution < 1.29 is 18.6 Å². The molecule has 0 saturated carbocycles. The molecule has 0 heterocycles. The highest BCUT2D eigenvalue weighted by molar-refractivity contribution is 7.92. The number of rotatable bonds is 6. The molecule has 0 aliphatic heterocycles. The van der Waals surface area contributed by atoms with Crippen LogP contribution in [0.1, 0.15) is 12.5 Å². The Morgan fingerprint density at radius 1 is 1.26 bits per heavy atom. The molecule has 0 spiro atoms. The molecule has 106 valence electrons. The minimum absolute atomic E-state index is 0.502. The van der Waals surface area contributed by atoms with Crippen LogP contribution in [0.5, 0.6) is 0 Å². The van der Waals surface area contributed by atoms with Gasteiger partial charge in [-0.3, -0.25) is 0 Å². The lowest BCUT2D eigenvalue weighted by molar-refractivity contribution is 0.122. The van der Waals surface area contributed by atoms with Crippen LogP contribution >= 0.6 is 11.6 Å². The van der Waals surface area contributed by atoms with Gasteiger partial charge in [0.15, 0.2) is 0 Å². The SMILES string of the molecule is CC(CO)(CO)NS(=O)(=O)/C=C/c1ccc(Cl)cc1. The third-order valence-corrected chi connectivity index (χ3v) is 3.92. The summed E-state index contributed by atoms with van der Waals surface area (Å²) in [4.78, 5) is 0. The molecule has 3 N–H and O–H groups in total. The molecule has 7 heteroatoms. The van der Waals surface area contributed by atoms with Gasteiger partial charge in [0.1, 0.15) is 0 Å². The van der Waals surface area contributed by atoms with Crippen LogP contribution in [0.3, 0.4) is 0 Å². The first-order valence-electron chi connectivity index (χ1n) is 5.50. The van der Waals surface area contributed by atoms with E-state index >= 15 is 0 Å². The van der Waals surface area contributed by atoms with Crippen molar-refractivity contribution in [1.82, 2.24) is 4.72 Å². The normalized spacial score (nSPS) is 13.1. The van der Waals surface area contributed by atoms with Crippen LogP contribution in [0.4, 0.5) is 0 Å². The van der Waals surface area contributed by atoms with Crippen molar-refractivity contribution in [1.29, 1.82) is 0 Å². The molecule has 0 fully saturated rings. The summed E-state index contributed by atoms with van der Waals surface area (Å²) in [6, 6.07) is 6.64. The Bertz CT molecular complexity index is 535. The Labute approximate surface area is 117 Å². The third kappa shape index (κ3) is 5.30. The fourth-order valence-electron chi connectivity index (χ4n) is 1.23. The Hall–Kier alpha value is -0.920. The highest BCUT2D eigenvalue weighted by atomic mass is 35.5. The lowest BCUT2D eigenvalue weighted by atomic mass is 10.1. The second kappa shape index (κ2) is 6.49. The summed E-state index contributed by atoms with van der Waals surface area (Å²) in [7, 11) is -3.76. The molecule has 1 rings (SSSR count). The Morgan fingerprint density at radius 3 is 2.26 bits per heavy atom. The van der Waals surface area contributed by atoms with Crippen LogP contribution in [-0.4, -0.2) is 37.4 Å². The van der Waals surface area contributed by atoms with E-state index in [0.29, 0.717) is 10.6 Å². The molecule has 0 bridgehead atoms. The van der Waals surface area contributed by atoms with Gasteiger partial charge >= 0.3 is 0 Å². The van der Waals surface area contributed by atoms with Gasteiger partial charge in [0, 0.05) is 10.4 Å². The van der Waals surface area contributed by atoms with Crippen molar-refractivity contribution in [2.75, 3.05) is 13.2 Å². The van der Waals surface area contributed by atoms with Crippen LogP contribution in [0, 0.1) is 0 Å². The molecular formula is C12H16ClNO4S. The molecule has 0 aliphatic carbocycles. The van der Waals surface area contributed by atoms with E-state index in [-0.39, 0.29) is 0 Å². The number of hydrogen-bond donors (Lipinski definition) is 3. The van der Waals surface area contributed by atoms with Crippen LogP contribution in [0.2, 0.25) is 5.02 Å². The summed E-state index contributed by atoms with van der Waals surface area (Å²) in [6.07, 6.45) is 1.40. The number of aliphatic hydroxyl groups is 2. The molecule has 0 aromatic heterocycles. The number of halogens is 1. The van der Waals surface area contributed by atoms with Gasteiger partial charge in [0.05, 0.1) is 18.8 Å². The van der Waals surface area contributed by atoms with Crippen molar-refractivity contribution in [2.24, 2.45) is 0 Å². The van der Waals surface area contributed by atoms with E-state index in [0.717, 1.165) is 5.41 Å². The topological polar surface area (TPSA) is 86.6 Å². The van der Waals surface area contributed by atoms with Crippen LogP contribution in [-0.2, 0) is 10.0 Å². The molecule has 5 nitrogen and oxygen atoms in total. The molecule has 0 amide bonds. The van der Waals surface area contributed by atoms with Crippen molar-refractivity contribution in [3.05, 3.63) is 40.3 Å². The molecule has 0 saturated heterocycles. The maximum absolute atomic E-state index is 11.8. The third-order valence-electron chi connectivity index (χ3n) is 2.40. The molecule has 0 atom stereocenters. The zero-order valence-electron chi connectivity index (χ0n) is 10.4. The first-order chi connectivity index (χ1) is 8.80. The van der Waals surface area contributed by atoms with E-state index < -0.39 is 28.8 Å². The number of aliphatic hydroxyl groups excluding tert-OH is 2. The average molecular weight is 306 g/mol. The summed E-state index contributed by atoms with van der Waals surface area (Å²) in [6.45, 7) is 0.399. The quantitative estimate of drug-likeness (QED) is 0.731. The minimum Gasteiger partial charge on any atom is -0.394 e. The lowest BCUT2D eigenvalue weighted by Gasteiger charge is -2.24. The molecule has 1 aromatic rings. The van der Waals surface area contributed by atoms with E-state index in [4.69, 9.17) is 21.8 Å².